The van der Waals surface area contributed by atoms with Crippen molar-refractivity contribution in [1.82, 2.24) is 9.97 Å². The van der Waals surface area contributed by atoms with Gasteiger partial charge in [-0.1, -0.05) is 34.8 Å². The number of H-pyrrole nitrogens is 1. The molecule has 5 N–H and O–H groups in total. The number of aromatic nitrogens is 2. The molecule has 0 radical (unpaired) electrons. The zero-order valence-electron chi connectivity index (χ0n) is 10.0. The number of benzene rings is 2. The fourth-order valence-electron chi connectivity index (χ4n) is 1.99. The largest absolute Gasteiger partial charge is 0.397 e. The Bertz CT molecular complexity index is 803. The molecule has 0 aliphatic rings. The highest BCUT2D eigenvalue weighted by molar-refractivity contribution is 6.38. The number of fused-ring (bicyclic) bond motifs is 1. The summed E-state index contributed by atoms with van der Waals surface area (Å²) in [7, 11) is 0. The van der Waals surface area contributed by atoms with Gasteiger partial charge in [-0.15, -0.1) is 0 Å². The Morgan fingerprint density at radius 3 is 2.25 bits per heavy atom. The maximum absolute atomic E-state index is 6.11. The van der Waals surface area contributed by atoms with Crippen LogP contribution in [0.5, 0.6) is 0 Å². The number of nitrogen functional groups attached to an aromatic ring is 2. The molecule has 0 saturated carbocycles. The lowest BCUT2D eigenvalue weighted by molar-refractivity contribution is 1.34. The van der Waals surface area contributed by atoms with Crippen molar-refractivity contribution in [2.75, 3.05) is 11.5 Å². The van der Waals surface area contributed by atoms with Gasteiger partial charge in [-0.25, -0.2) is 4.98 Å². The topological polar surface area (TPSA) is 80.7 Å². The van der Waals surface area contributed by atoms with Crippen LogP contribution in [0.1, 0.15) is 0 Å². The highest BCUT2D eigenvalue weighted by Crippen LogP contribution is 2.33. The summed E-state index contributed by atoms with van der Waals surface area (Å²) in [5.41, 5.74) is 14.5. The second-order valence-corrected chi connectivity index (χ2v) is 5.56. The monoisotopic (exact) mass is 326 g/mol. The van der Waals surface area contributed by atoms with Crippen molar-refractivity contribution in [1.29, 1.82) is 0 Å². The molecule has 1 aromatic heterocycles. The second kappa shape index (κ2) is 4.74. The molecule has 20 heavy (non-hydrogen) atoms. The molecule has 0 aliphatic heterocycles. The lowest BCUT2D eigenvalue weighted by atomic mass is 10.1. The molecule has 3 aromatic rings. The zero-order chi connectivity index (χ0) is 14.4. The quantitative estimate of drug-likeness (QED) is 0.581. The van der Waals surface area contributed by atoms with Gasteiger partial charge in [0.15, 0.2) is 0 Å². The van der Waals surface area contributed by atoms with Crippen LogP contribution in [0.15, 0.2) is 24.3 Å². The Morgan fingerprint density at radius 2 is 1.60 bits per heavy atom. The number of nitrogens with two attached hydrogens (primary N) is 2. The third kappa shape index (κ3) is 2.16. The molecular weight excluding hydrogens is 319 g/mol. The summed E-state index contributed by atoms with van der Waals surface area (Å²) < 4.78 is 0. The van der Waals surface area contributed by atoms with Crippen LogP contribution in [0, 0.1) is 0 Å². The normalized spacial score (nSPS) is 11.2. The molecule has 0 bridgehead atoms. The van der Waals surface area contributed by atoms with Crippen LogP contribution in [0.4, 0.5) is 11.4 Å². The van der Waals surface area contributed by atoms with Gasteiger partial charge in [-0.2, -0.15) is 0 Å². The van der Waals surface area contributed by atoms with E-state index >= 15 is 0 Å². The first-order chi connectivity index (χ1) is 9.45. The molecule has 0 unspecified atom stereocenters. The summed E-state index contributed by atoms with van der Waals surface area (Å²) >= 11 is 18.0. The molecule has 0 aliphatic carbocycles. The maximum Gasteiger partial charge on any atom is 0.138 e. The van der Waals surface area contributed by atoms with Crippen LogP contribution in [0.3, 0.4) is 0 Å². The van der Waals surface area contributed by atoms with Gasteiger partial charge in [0.2, 0.25) is 0 Å². The van der Waals surface area contributed by atoms with E-state index in [0.717, 1.165) is 11.1 Å². The van der Waals surface area contributed by atoms with E-state index in [2.05, 4.69) is 9.97 Å². The number of aromatic amines is 1. The van der Waals surface area contributed by atoms with Gasteiger partial charge in [0.25, 0.3) is 0 Å². The van der Waals surface area contributed by atoms with E-state index in [1.54, 1.807) is 24.3 Å². The summed E-state index contributed by atoms with van der Waals surface area (Å²) in [6.45, 7) is 0. The minimum Gasteiger partial charge on any atom is -0.397 e. The minimum absolute atomic E-state index is 0.339. The van der Waals surface area contributed by atoms with Crippen LogP contribution >= 0.6 is 34.8 Å². The number of anilines is 2. The van der Waals surface area contributed by atoms with Crippen molar-refractivity contribution in [3.05, 3.63) is 39.3 Å². The van der Waals surface area contributed by atoms with E-state index in [9.17, 15) is 0 Å². The Balaban J connectivity index is 2.22. The minimum atomic E-state index is 0.339. The Morgan fingerprint density at radius 1 is 0.950 bits per heavy atom. The van der Waals surface area contributed by atoms with Crippen molar-refractivity contribution >= 4 is 57.2 Å². The summed E-state index contributed by atoms with van der Waals surface area (Å²) in [4.78, 5) is 7.57. The fourth-order valence-corrected chi connectivity index (χ4v) is 2.63. The SMILES string of the molecule is Nc1cc(-c2nc3c(Cl)cc(Cl)cc3[nH]2)cc(N)c1Cl. The average molecular weight is 328 g/mol. The first-order valence-corrected chi connectivity index (χ1v) is 6.78. The van der Waals surface area contributed by atoms with Gasteiger partial charge in [-0.3, -0.25) is 0 Å². The number of halogens is 3. The predicted octanol–water partition coefficient (Wildman–Crippen LogP) is 4.35. The van der Waals surface area contributed by atoms with Crippen LogP contribution < -0.4 is 11.5 Å². The molecule has 0 atom stereocenters. The Hall–Kier alpha value is -1.62. The lowest BCUT2D eigenvalue weighted by Gasteiger charge is -2.05. The molecular formula is C13H9Cl3N4. The van der Waals surface area contributed by atoms with Gasteiger partial charge < -0.3 is 16.5 Å². The number of hydrogen-bond acceptors (Lipinski definition) is 3. The predicted molar refractivity (Wildman–Crippen MR) is 85.4 cm³/mol. The average Bonchev–Trinajstić information content (AvgIpc) is 2.79. The maximum atomic E-state index is 6.11. The standard InChI is InChI=1S/C13H9Cl3N4/c14-6-3-7(15)12-10(4-6)19-13(20-12)5-1-8(17)11(16)9(18)2-5/h1-4H,17-18H2,(H,19,20). The van der Waals surface area contributed by atoms with E-state index in [0.29, 0.717) is 37.8 Å². The molecule has 0 amide bonds. The molecule has 4 nitrogen and oxygen atoms in total. The molecule has 102 valence electrons. The smallest absolute Gasteiger partial charge is 0.138 e. The third-order valence-electron chi connectivity index (χ3n) is 2.91. The Labute approximate surface area is 129 Å². The molecule has 1 heterocycles. The molecule has 0 fully saturated rings. The zero-order valence-corrected chi connectivity index (χ0v) is 12.3. The lowest BCUT2D eigenvalue weighted by Crippen LogP contribution is -1.94. The van der Waals surface area contributed by atoms with Crippen LogP contribution in [-0.2, 0) is 0 Å². The van der Waals surface area contributed by atoms with Crippen molar-refractivity contribution in [2.24, 2.45) is 0 Å². The van der Waals surface area contributed by atoms with Gasteiger partial charge in [0, 0.05) is 10.6 Å². The fraction of sp³-hybridized carbons (Fsp3) is 0. The van der Waals surface area contributed by atoms with E-state index in [1.807, 2.05) is 0 Å². The van der Waals surface area contributed by atoms with Gasteiger partial charge in [-0.05, 0) is 24.3 Å². The number of nitrogens with zero attached hydrogens (tertiary/aromatic N) is 1. The Kier molecular flexibility index (Phi) is 3.17. The van der Waals surface area contributed by atoms with Gasteiger partial charge >= 0.3 is 0 Å². The third-order valence-corrected chi connectivity index (χ3v) is 3.85. The number of nitrogens with one attached hydrogen (secondary N) is 1. The van der Waals surface area contributed by atoms with E-state index in [-0.39, 0.29) is 0 Å². The summed E-state index contributed by atoms with van der Waals surface area (Å²) in [6.07, 6.45) is 0. The summed E-state index contributed by atoms with van der Waals surface area (Å²) in [5, 5.41) is 1.35. The van der Waals surface area contributed by atoms with Gasteiger partial charge in [0.1, 0.15) is 11.3 Å². The van der Waals surface area contributed by atoms with Crippen molar-refractivity contribution in [2.45, 2.75) is 0 Å². The number of hydrogen-bond donors (Lipinski definition) is 3. The highest BCUT2D eigenvalue weighted by atomic mass is 35.5. The van der Waals surface area contributed by atoms with Gasteiger partial charge in [0.05, 0.1) is 26.9 Å². The van der Waals surface area contributed by atoms with E-state index < -0.39 is 0 Å². The summed E-state index contributed by atoms with van der Waals surface area (Å²) in [5.74, 6) is 0.597. The van der Waals surface area contributed by atoms with Crippen molar-refractivity contribution in [3.8, 4) is 11.4 Å². The van der Waals surface area contributed by atoms with Crippen LogP contribution in [0.2, 0.25) is 15.1 Å². The number of rotatable bonds is 1. The summed E-state index contributed by atoms with van der Waals surface area (Å²) in [6, 6.07) is 6.79. The van der Waals surface area contributed by atoms with Crippen LogP contribution in [0.25, 0.3) is 22.4 Å². The number of imidazole rings is 1. The molecule has 7 heteroatoms. The van der Waals surface area contributed by atoms with Crippen molar-refractivity contribution in [3.63, 3.8) is 0 Å². The van der Waals surface area contributed by atoms with E-state index in [1.165, 1.54) is 0 Å². The van der Waals surface area contributed by atoms with E-state index in [4.69, 9.17) is 46.3 Å². The molecule has 0 spiro atoms. The first-order valence-electron chi connectivity index (χ1n) is 5.65. The first kappa shape index (κ1) is 13.4. The highest BCUT2D eigenvalue weighted by Gasteiger charge is 2.12. The molecule has 3 rings (SSSR count). The van der Waals surface area contributed by atoms with Crippen LogP contribution in [-0.4, -0.2) is 9.97 Å². The van der Waals surface area contributed by atoms with Crippen molar-refractivity contribution < 1.29 is 0 Å². The molecule has 2 aromatic carbocycles. The second-order valence-electron chi connectivity index (χ2n) is 4.34. The molecule has 0 saturated heterocycles.